The number of halogens is 1. The van der Waals surface area contributed by atoms with Crippen LogP contribution in [-0.2, 0) is 11.8 Å². The molecule has 6 heteroatoms. The van der Waals surface area contributed by atoms with E-state index in [1.54, 1.807) is 17.4 Å². The molecule has 0 saturated carbocycles. The van der Waals surface area contributed by atoms with Crippen LogP contribution in [0.4, 0.5) is 0 Å². The maximum Gasteiger partial charge on any atom is 0.272 e. The average molecular weight is 349 g/mol. The molecule has 22 heavy (non-hydrogen) atoms. The van der Waals surface area contributed by atoms with Gasteiger partial charge in [-0.1, -0.05) is 29.0 Å². The number of thiophene rings is 1. The molecule has 1 aromatic carbocycles. The molecule has 2 aromatic heterocycles. The lowest BCUT2D eigenvalue weighted by Crippen LogP contribution is -2.12. The number of hydrogen-bond acceptors (Lipinski definition) is 3. The smallest absolute Gasteiger partial charge is 0.272 e. The molecule has 0 unspecified atom stereocenters. The van der Waals surface area contributed by atoms with Gasteiger partial charge in [0, 0.05) is 23.0 Å². The summed E-state index contributed by atoms with van der Waals surface area (Å²) in [7, 11) is 1.91. The Morgan fingerprint density at radius 1 is 1.41 bits per heavy atom. The fourth-order valence-electron chi connectivity index (χ4n) is 2.24. The molecule has 0 aliphatic heterocycles. The van der Waals surface area contributed by atoms with Gasteiger partial charge in [-0.2, -0.15) is 4.99 Å². The minimum absolute atomic E-state index is 0.265. The van der Waals surface area contributed by atoms with Crippen molar-refractivity contribution in [3.05, 3.63) is 56.0 Å². The van der Waals surface area contributed by atoms with Gasteiger partial charge in [-0.3, -0.25) is 4.79 Å². The fourth-order valence-corrected chi connectivity index (χ4v) is 4.34. The van der Waals surface area contributed by atoms with E-state index in [4.69, 9.17) is 11.6 Å². The second-order valence-electron chi connectivity index (χ2n) is 4.81. The number of aromatic nitrogens is 1. The molecule has 0 atom stereocenters. The maximum atomic E-state index is 12.0. The summed E-state index contributed by atoms with van der Waals surface area (Å²) >= 11 is 9.14. The van der Waals surface area contributed by atoms with Crippen LogP contribution in [0.5, 0.6) is 0 Å². The van der Waals surface area contributed by atoms with Crippen LogP contribution in [0, 0.1) is 6.92 Å². The summed E-state index contributed by atoms with van der Waals surface area (Å²) in [6.45, 7) is 2.00. The number of amides is 1. The lowest BCUT2D eigenvalue weighted by molar-refractivity contribution is -0.113. The standard InChI is InChI=1S/C16H13ClN2OS2/c1-10-8-11(17)9-13-15(10)19(2)16(22-13)18-14(20)6-5-12-4-3-7-21-12/h3-9H,1-2H3. The van der Waals surface area contributed by atoms with Gasteiger partial charge in [-0.25, -0.2) is 0 Å². The Kier molecular flexibility index (Phi) is 4.29. The molecule has 0 fully saturated rings. The van der Waals surface area contributed by atoms with Crippen LogP contribution in [0.2, 0.25) is 5.02 Å². The van der Waals surface area contributed by atoms with Crippen LogP contribution in [0.1, 0.15) is 10.4 Å². The molecular formula is C16H13ClN2OS2. The number of carbonyl (C=O) groups is 1. The van der Waals surface area contributed by atoms with E-state index in [2.05, 4.69) is 4.99 Å². The Morgan fingerprint density at radius 2 is 2.23 bits per heavy atom. The van der Waals surface area contributed by atoms with Gasteiger partial charge in [0.2, 0.25) is 0 Å². The van der Waals surface area contributed by atoms with Crippen molar-refractivity contribution in [3.63, 3.8) is 0 Å². The Bertz CT molecular complexity index is 933. The van der Waals surface area contributed by atoms with Gasteiger partial charge in [-0.05, 0) is 42.1 Å². The molecule has 0 spiro atoms. The number of aryl methyl sites for hydroxylation is 2. The SMILES string of the molecule is Cc1cc(Cl)cc2sc(=NC(=O)C=Cc3cccs3)n(C)c12. The minimum Gasteiger partial charge on any atom is -0.319 e. The Balaban J connectivity index is 2.01. The Labute approximate surface area is 140 Å². The van der Waals surface area contributed by atoms with Gasteiger partial charge < -0.3 is 4.57 Å². The molecule has 0 radical (unpaired) electrons. The number of fused-ring (bicyclic) bond motifs is 1. The van der Waals surface area contributed by atoms with E-state index in [1.165, 1.54) is 17.4 Å². The zero-order chi connectivity index (χ0) is 15.7. The van der Waals surface area contributed by atoms with Gasteiger partial charge in [0.05, 0.1) is 10.2 Å². The highest BCUT2D eigenvalue weighted by molar-refractivity contribution is 7.16. The van der Waals surface area contributed by atoms with E-state index in [-0.39, 0.29) is 5.91 Å². The third-order valence-corrected chi connectivity index (χ3v) is 5.33. The summed E-state index contributed by atoms with van der Waals surface area (Å²) in [4.78, 5) is 17.9. The molecule has 1 amide bonds. The third-order valence-electron chi connectivity index (χ3n) is 3.19. The van der Waals surface area contributed by atoms with Crippen LogP contribution in [0.25, 0.3) is 16.3 Å². The molecule has 2 heterocycles. The summed E-state index contributed by atoms with van der Waals surface area (Å²) in [5, 5.41) is 2.67. The van der Waals surface area contributed by atoms with Crippen LogP contribution in [0.15, 0.2) is 40.7 Å². The average Bonchev–Trinajstić information content (AvgIpc) is 3.05. The quantitative estimate of drug-likeness (QED) is 0.632. The summed E-state index contributed by atoms with van der Waals surface area (Å²) in [5.74, 6) is -0.265. The van der Waals surface area contributed by atoms with Crippen LogP contribution < -0.4 is 4.80 Å². The molecule has 0 N–H and O–H groups in total. The maximum absolute atomic E-state index is 12.0. The molecule has 0 aliphatic rings. The summed E-state index contributed by atoms with van der Waals surface area (Å²) in [6.07, 6.45) is 3.28. The molecule has 0 aliphatic carbocycles. The zero-order valence-electron chi connectivity index (χ0n) is 12.0. The van der Waals surface area contributed by atoms with Crippen molar-refractivity contribution in [3.8, 4) is 0 Å². The lowest BCUT2D eigenvalue weighted by atomic mass is 10.2. The number of thiazole rings is 1. The number of carbonyl (C=O) groups excluding carboxylic acids is 1. The van der Waals surface area contributed by atoms with Crippen molar-refractivity contribution < 1.29 is 4.79 Å². The number of hydrogen-bond donors (Lipinski definition) is 0. The number of nitrogens with zero attached hydrogens (tertiary/aromatic N) is 2. The van der Waals surface area contributed by atoms with Gasteiger partial charge in [-0.15, -0.1) is 11.3 Å². The van der Waals surface area contributed by atoms with Crippen molar-refractivity contribution in [2.75, 3.05) is 0 Å². The van der Waals surface area contributed by atoms with Crippen LogP contribution in [0.3, 0.4) is 0 Å². The van der Waals surface area contributed by atoms with Gasteiger partial charge in [0.15, 0.2) is 4.80 Å². The second kappa shape index (κ2) is 6.20. The highest BCUT2D eigenvalue weighted by atomic mass is 35.5. The molecule has 112 valence electrons. The zero-order valence-corrected chi connectivity index (χ0v) is 14.4. The normalized spacial score (nSPS) is 12.6. The van der Waals surface area contributed by atoms with Crippen molar-refractivity contribution in [2.24, 2.45) is 12.0 Å². The van der Waals surface area contributed by atoms with Crippen molar-refractivity contribution in [1.82, 2.24) is 4.57 Å². The molecule has 3 aromatic rings. The van der Waals surface area contributed by atoms with E-state index < -0.39 is 0 Å². The van der Waals surface area contributed by atoms with Crippen molar-refractivity contribution in [2.45, 2.75) is 6.92 Å². The van der Waals surface area contributed by atoms with Crippen molar-refractivity contribution >= 4 is 56.5 Å². The fraction of sp³-hybridized carbons (Fsp3) is 0.125. The first-order valence-electron chi connectivity index (χ1n) is 6.60. The van der Waals surface area contributed by atoms with E-state index in [0.717, 1.165) is 20.7 Å². The second-order valence-corrected chi connectivity index (χ2v) is 7.24. The topological polar surface area (TPSA) is 34.4 Å². The van der Waals surface area contributed by atoms with Gasteiger partial charge >= 0.3 is 0 Å². The first-order chi connectivity index (χ1) is 10.5. The predicted octanol–water partition coefficient (Wildman–Crippen LogP) is 4.40. The molecular weight excluding hydrogens is 336 g/mol. The highest BCUT2D eigenvalue weighted by Gasteiger charge is 2.07. The molecule has 0 bridgehead atoms. The van der Waals surface area contributed by atoms with Crippen molar-refractivity contribution in [1.29, 1.82) is 0 Å². The van der Waals surface area contributed by atoms with E-state index in [1.807, 2.05) is 48.2 Å². The largest absolute Gasteiger partial charge is 0.319 e. The van der Waals surface area contributed by atoms with E-state index in [0.29, 0.717) is 9.82 Å². The first-order valence-corrected chi connectivity index (χ1v) is 8.68. The monoisotopic (exact) mass is 348 g/mol. The van der Waals surface area contributed by atoms with Crippen LogP contribution >= 0.6 is 34.3 Å². The Hall–Kier alpha value is -1.69. The van der Waals surface area contributed by atoms with Crippen LogP contribution in [-0.4, -0.2) is 10.5 Å². The lowest BCUT2D eigenvalue weighted by Gasteiger charge is -2.00. The summed E-state index contributed by atoms with van der Waals surface area (Å²) in [5.41, 5.74) is 2.13. The predicted molar refractivity (Wildman–Crippen MR) is 94.5 cm³/mol. The molecule has 3 nitrogen and oxygen atoms in total. The van der Waals surface area contributed by atoms with E-state index >= 15 is 0 Å². The summed E-state index contributed by atoms with van der Waals surface area (Å²) < 4.78 is 2.96. The van der Waals surface area contributed by atoms with E-state index in [9.17, 15) is 4.79 Å². The van der Waals surface area contributed by atoms with Gasteiger partial charge in [0.25, 0.3) is 5.91 Å². The summed E-state index contributed by atoms with van der Waals surface area (Å²) in [6, 6.07) is 7.72. The number of rotatable bonds is 2. The highest BCUT2D eigenvalue weighted by Crippen LogP contribution is 2.25. The number of benzene rings is 1. The Morgan fingerprint density at radius 3 is 2.95 bits per heavy atom. The minimum atomic E-state index is -0.265. The van der Waals surface area contributed by atoms with Gasteiger partial charge in [0.1, 0.15) is 0 Å². The third kappa shape index (κ3) is 3.06. The first kappa shape index (κ1) is 15.2. The molecule has 3 rings (SSSR count). The molecule has 0 saturated heterocycles.